The topological polar surface area (TPSA) is 111 Å². The predicted octanol–water partition coefficient (Wildman–Crippen LogP) is 3.54. The van der Waals surface area contributed by atoms with Gasteiger partial charge in [0.05, 0.1) is 42.5 Å². The van der Waals surface area contributed by atoms with Crippen molar-refractivity contribution in [2.75, 3.05) is 36.5 Å². The lowest BCUT2D eigenvalue weighted by atomic mass is 10.1. The van der Waals surface area contributed by atoms with Gasteiger partial charge in [0.2, 0.25) is 11.9 Å². The number of benzene rings is 2. The van der Waals surface area contributed by atoms with Crippen molar-refractivity contribution in [3.8, 4) is 17.2 Å². The fraction of sp³-hybridized carbons (Fsp3) is 0.280. The van der Waals surface area contributed by atoms with E-state index in [1.165, 1.54) is 4.57 Å². The van der Waals surface area contributed by atoms with Crippen LogP contribution in [0.1, 0.15) is 19.2 Å². The van der Waals surface area contributed by atoms with Crippen molar-refractivity contribution in [3.05, 3.63) is 60.4 Å². The van der Waals surface area contributed by atoms with Crippen molar-refractivity contribution in [3.63, 3.8) is 0 Å². The SMILES string of the molecule is C[C@H]1COCCN1c1cc(-c2ccc(NC(=O)CN)cc2)nc(-n2c(C(F)F)nc3ccccc32)n1. The lowest BCUT2D eigenvalue weighted by Gasteiger charge is -2.34. The lowest BCUT2D eigenvalue weighted by molar-refractivity contribution is -0.114. The van der Waals surface area contributed by atoms with E-state index in [2.05, 4.69) is 20.2 Å². The molecule has 1 fully saturated rings. The average molecular weight is 494 g/mol. The number of fused-ring (bicyclic) bond motifs is 1. The molecular formula is C25H25F2N7O2. The first-order valence-corrected chi connectivity index (χ1v) is 11.5. The summed E-state index contributed by atoms with van der Waals surface area (Å²) in [5.41, 5.74) is 8.16. The van der Waals surface area contributed by atoms with Crippen molar-refractivity contribution in [1.82, 2.24) is 19.5 Å². The van der Waals surface area contributed by atoms with Crippen LogP contribution in [0.5, 0.6) is 0 Å². The first-order valence-electron chi connectivity index (χ1n) is 11.5. The van der Waals surface area contributed by atoms with Gasteiger partial charge in [0, 0.05) is 23.9 Å². The summed E-state index contributed by atoms with van der Waals surface area (Å²) in [5.74, 6) is -0.0219. The Hall–Kier alpha value is -3.96. The summed E-state index contributed by atoms with van der Waals surface area (Å²) in [6, 6.07) is 15.8. The van der Waals surface area contributed by atoms with E-state index >= 15 is 0 Å². The molecule has 0 radical (unpaired) electrons. The maximum atomic E-state index is 14.1. The molecule has 1 aliphatic heterocycles. The number of nitrogens with two attached hydrogens (primary N) is 1. The second-order valence-corrected chi connectivity index (χ2v) is 8.45. The summed E-state index contributed by atoms with van der Waals surface area (Å²) in [7, 11) is 0. The molecule has 9 nitrogen and oxygen atoms in total. The zero-order valence-electron chi connectivity index (χ0n) is 19.6. The van der Waals surface area contributed by atoms with Gasteiger partial charge in [0.25, 0.3) is 6.43 Å². The van der Waals surface area contributed by atoms with Gasteiger partial charge in [-0.25, -0.2) is 18.7 Å². The summed E-state index contributed by atoms with van der Waals surface area (Å²) in [5, 5.41) is 2.70. The number of rotatable bonds is 6. The number of ether oxygens (including phenoxy) is 1. The van der Waals surface area contributed by atoms with Crippen LogP contribution >= 0.6 is 0 Å². The number of alkyl halides is 2. The van der Waals surface area contributed by atoms with Gasteiger partial charge in [-0.2, -0.15) is 4.98 Å². The van der Waals surface area contributed by atoms with Crippen molar-refractivity contribution >= 4 is 28.4 Å². The highest BCUT2D eigenvalue weighted by atomic mass is 19.3. The number of anilines is 2. The molecule has 1 saturated heterocycles. The van der Waals surface area contributed by atoms with Gasteiger partial charge in [0.15, 0.2) is 5.82 Å². The van der Waals surface area contributed by atoms with Crippen molar-refractivity contribution in [1.29, 1.82) is 0 Å². The number of carbonyl (C=O) groups is 1. The van der Waals surface area contributed by atoms with Gasteiger partial charge in [0.1, 0.15) is 5.82 Å². The second-order valence-electron chi connectivity index (χ2n) is 8.45. The molecule has 0 bridgehead atoms. The molecule has 0 saturated carbocycles. The molecule has 36 heavy (non-hydrogen) atoms. The Bertz CT molecular complexity index is 1390. The van der Waals surface area contributed by atoms with Crippen molar-refractivity contribution in [2.24, 2.45) is 5.73 Å². The molecule has 186 valence electrons. The number of para-hydroxylation sites is 2. The maximum absolute atomic E-state index is 14.1. The van der Waals surface area contributed by atoms with Crippen LogP contribution in [0, 0.1) is 0 Å². The van der Waals surface area contributed by atoms with E-state index in [0.717, 1.165) is 5.56 Å². The fourth-order valence-corrected chi connectivity index (χ4v) is 4.22. The third-order valence-electron chi connectivity index (χ3n) is 5.99. The van der Waals surface area contributed by atoms with Gasteiger partial charge in [-0.15, -0.1) is 0 Å². The third kappa shape index (κ3) is 4.62. The molecule has 4 aromatic rings. The molecular weight excluding hydrogens is 468 g/mol. The molecule has 5 rings (SSSR count). The number of hydrogen-bond acceptors (Lipinski definition) is 7. The second kappa shape index (κ2) is 9.96. The Morgan fingerprint density at radius 2 is 1.94 bits per heavy atom. The molecule has 1 amide bonds. The van der Waals surface area contributed by atoms with Gasteiger partial charge in [-0.3, -0.25) is 9.36 Å². The van der Waals surface area contributed by atoms with Gasteiger partial charge < -0.3 is 20.7 Å². The van der Waals surface area contributed by atoms with E-state index in [1.807, 2.05) is 13.0 Å². The Kier molecular flexibility index (Phi) is 6.57. The zero-order chi connectivity index (χ0) is 25.2. The van der Waals surface area contributed by atoms with E-state index in [9.17, 15) is 13.6 Å². The predicted molar refractivity (Wildman–Crippen MR) is 132 cm³/mol. The molecule has 2 aromatic heterocycles. The summed E-state index contributed by atoms with van der Waals surface area (Å²) in [4.78, 5) is 27.2. The number of morpholine rings is 1. The minimum atomic E-state index is -2.82. The third-order valence-corrected chi connectivity index (χ3v) is 5.99. The smallest absolute Gasteiger partial charge is 0.296 e. The highest BCUT2D eigenvalue weighted by Gasteiger charge is 2.25. The number of amides is 1. The molecule has 3 N–H and O–H groups in total. The summed E-state index contributed by atoms with van der Waals surface area (Å²) >= 11 is 0. The Morgan fingerprint density at radius 1 is 1.17 bits per heavy atom. The minimum absolute atomic E-state index is 0.0392. The molecule has 3 heterocycles. The molecule has 1 aliphatic rings. The summed E-state index contributed by atoms with van der Waals surface area (Å²) in [6.07, 6.45) is -2.82. The molecule has 0 spiro atoms. The minimum Gasteiger partial charge on any atom is -0.377 e. The number of imidazole rings is 1. The Labute approximate surface area is 205 Å². The van der Waals surface area contributed by atoms with E-state index in [-0.39, 0.29) is 24.4 Å². The quantitative estimate of drug-likeness (QED) is 0.423. The van der Waals surface area contributed by atoms with Crippen LogP contribution in [0.25, 0.3) is 28.2 Å². The van der Waals surface area contributed by atoms with Gasteiger partial charge >= 0.3 is 0 Å². The molecule has 1 atom stereocenters. The van der Waals surface area contributed by atoms with Crippen LogP contribution in [-0.2, 0) is 9.53 Å². The maximum Gasteiger partial charge on any atom is 0.296 e. The zero-order valence-corrected chi connectivity index (χ0v) is 19.6. The van der Waals surface area contributed by atoms with Crippen LogP contribution in [0.2, 0.25) is 0 Å². The highest BCUT2D eigenvalue weighted by Crippen LogP contribution is 2.31. The largest absolute Gasteiger partial charge is 0.377 e. The highest BCUT2D eigenvalue weighted by molar-refractivity contribution is 5.92. The molecule has 11 heteroatoms. The van der Waals surface area contributed by atoms with Crippen molar-refractivity contribution < 1.29 is 18.3 Å². The van der Waals surface area contributed by atoms with Gasteiger partial charge in [-0.05, 0) is 31.2 Å². The standard InChI is InChI=1S/C25H25F2N7O2/c1-15-14-36-11-10-33(15)21-12-19(16-6-8-17(9-7-16)29-22(35)13-28)31-25(32-21)34-20-5-3-2-4-18(20)30-24(34)23(26)27/h2-9,12,15,23H,10-11,13-14,28H2,1H3,(H,29,35)/t15-/m0/s1. The van der Waals surface area contributed by atoms with E-state index < -0.39 is 12.2 Å². The number of nitrogens with one attached hydrogen (secondary N) is 1. The van der Waals surface area contributed by atoms with E-state index in [4.69, 9.17) is 15.5 Å². The Morgan fingerprint density at radius 3 is 2.67 bits per heavy atom. The van der Waals surface area contributed by atoms with Gasteiger partial charge in [-0.1, -0.05) is 24.3 Å². The number of carbonyl (C=O) groups excluding carboxylic acids is 1. The molecule has 2 aromatic carbocycles. The van der Waals surface area contributed by atoms with E-state index in [1.54, 1.807) is 48.5 Å². The van der Waals surface area contributed by atoms with Crippen LogP contribution < -0.4 is 16.0 Å². The number of hydrogen-bond donors (Lipinski definition) is 2. The van der Waals surface area contributed by atoms with Crippen LogP contribution in [0.3, 0.4) is 0 Å². The Balaban J connectivity index is 1.66. The lowest BCUT2D eigenvalue weighted by Crippen LogP contribution is -2.44. The van der Waals surface area contributed by atoms with Crippen LogP contribution in [-0.4, -0.2) is 57.8 Å². The average Bonchev–Trinajstić information content (AvgIpc) is 3.29. The van der Waals surface area contributed by atoms with Crippen LogP contribution in [0.15, 0.2) is 54.6 Å². The normalized spacial score (nSPS) is 16.0. The number of halogens is 2. The number of nitrogens with zero attached hydrogens (tertiary/aromatic N) is 5. The first kappa shape index (κ1) is 23.8. The van der Waals surface area contributed by atoms with E-state index in [0.29, 0.717) is 48.0 Å². The summed E-state index contributed by atoms with van der Waals surface area (Å²) < 4.78 is 35.0. The monoisotopic (exact) mass is 493 g/mol. The molecule has 0 aliphatic carbocycles. The fourth-order valence-electron chi connectivity index (χ4n) is 4.22. The molecule has 0 unspecified atom stereocenters. The van der Waals surface area contributed by atoms with Crippen molar-refractivity contribution in [2.45, 2.75) is 19.4 Å². The summed E-state index contributed by atoms with van der Waals surface area (Å²) in [6.45, 7) is 3.56. The van der Waals surface area contributed by atoms with Crippen LogP contribution in [0.4, 0.5) is 20.3 Å². The number of aromatic nitrogens is 4. The first-order chi connectivity index (χ1) is 17.4.